The minimum absolute atomic E-state index is 0.155. The lowest BCUT2D eigenvalue weighted by atomic mass is 9.72. The van der Waals surface area contributed by atoms with Crippen LogP contribution >= 0.6 is 0 Å². The Morgan fingerprint density at radius 2 is 2.00 bits per heavy atom. The highest BCUT2D eigenvalue weighted by Gasteiger charge is 2.32. The van der Waals surface area contributed by atoms with E-state index < -0.39 is 0 Å². The van der Waals surface area contributed by atoms with Gasteiger partial charge in [-0.05, 0) is 23.7 Å². The summed E-state index contributed by atoms with van der Waals surface area (Å²) in [6.07, 6.45) is 1.02. The number of carbonyl (C=O) groups is 1. The van der Waals surface area contributed by atoms with Crippen molar-refractivity contribution in [3.8, 4) is 0 Å². The fraction of sp³-hybridized carbons (Fsp3) is 0.929. The number of aliphatic hydroxyl groups excluding tert-OH is 1. The number of hydrogen-bond acceptors (Lipinski definition) is 2. The molecule has 2 atom stereocenters. The molecular weight excluding hydrogens is 214 g/mol. The summed E-state index contributed by atoms with van der Waals surface area (Å²) >= 11 is 0. The minimum Gasteiger partial charge on any atom is -0.391 e. The second-order valence-corrected chi connectivity index (χ2v) is 6.70. The van der Waals surface area contributed by atoms with Crippen LogP contribution in [0, 0.1) is 17.3 Å². The van der Waals surface area contributed by atoms with Gasteiger partial charge >= 0.3 is 0 Å². The predicted molar refractivity (Wildman–Crippen MR) is 69.6 cm³/mol. The average Bonchev–Trinajstić information content (AvgIpc) is 2.58. The van der Waals surface area contributed by atoms with Crippen molar-refractivity contribution in [3.05, 3.63) is 0 Å². The van der Waals surface area contributed by atoms with Gasteiger partial charge in [-0.15, -0.1) is 0 Å². The van der Waals surface area contributed by atoms with E-state index in [0.717, 1.165) is 13.0 Å². The molecule has 1 amide bonds. The predicted octanol–water partition coefficient (Wildman–Crippen LogP) is 2.29. The van der Waals surface area contributed by atoms with Gasteiger partial charge in [-0.3, -0.25) is 4.79 Å². The van der Waals surface area contributed by atoms with Crippen LogP contribution < -0.4 is 0 Å². The summed E-state index contributed by atoms with van der Waals surface area (Å²) in [7, 11) is 0. The first kappa shape index (κ1) is 14.5. The first-order valence-corrected chi connectivity index (χ1v) is 6.67. The molecular formula is C14H27NO2. The maximum atomic E-state index is 12.2. The van der Waals surface area contributed by atoms with Crippen molar-refractivity contribution in [2.24, 2.45) is 17.3 Å². The van der Waals surface area contributed by atoms with Crippen LogP contribution in [0.15, 0.2) is 0 Å². The zero-order valence-corrected chi connectivity index (χ0v) is 11.9. The van der Waals surface area contributed by atoms with Crippen molar-refractivity contribution in [1.82, 2.24) is 4.90 Å². The van der Waals surface area contributed by atoms with Crippen LogP contribution in [-0.4, -0.2) is 35.1 Å². The zero-order chi connectivity index (χ0) is 13.2. The van der Waals surface area contributed by atoms with Crippen molar-refractivity contribution in [2.75, 3.05) is 13.1 Å². The molecule has 0 aliphatic carbocycles. The van der Waals surface area contributed by atoms with E-state index in [1.54, 1.807) is 0 Å². The number of rotatable bonds is 3. The fourth-order valence-electron chi connectivity index (χ4n) is 2.83. The summed E-state index contributed by atoms with van der Waals surface area (Å²) in [5.41, 5.74) is 0.155. The van der Waals surface area contributed by atoms with Crippen LogP contribution in [0.1, 0.15) is 47.5 Å². The maximum absolute atomic E-state index is 12.2. The number of carbonyl (C=O) groups excluding carboxylic acids is 1. The number of amides is 1. The number of nitrogens with zero attached hydrogens (tertiary/aromatic N) is 1. The lowest BCUT2D eigenvalue weighted by Crippen LogP contribution is -2.35. The molecule has 1 saturated heterocycles. The molecule has 1 rings (SSSR count). The Labute approximate surface area is 105 Å². The highest BCUT2D eigenvalue weighted by molar-refractivity contribution is 5.76. The SMILES string of the molecule is CC(C)C(CC(=O)N1CCC(O)C1)C(C)(C)C. The van der Waals surface area contributed by atoms with E-state index >= 15 is 0 Å². The minimum atomic E-state index is -0.314. The number of β-amino-alcohol motifs (C(OH)–C–C–N with tert-alkyl or cyclic N) is 1. The van der Waals surface area contributed by atoms with Crippen molar-refractivity contribution in [1.29, 1.82) is 0 Å². The van der Waals surface area contributed by atoms with Crippen molar-refractivity contribution in [2.45, 2.75) is 53.6 Å². The number of likely N-dealkylation sites (tertiary alicyclic amines) is 1. The summed E-state index contributed by atoms with van der Waals surface area (Å²) in [5.74, 6) is 1.11. The Hall–Kier alpha value is -0.570. The van der Waals surface area contributed by atoms with Crippen LogP contribution in [0.25, 0.3) is 0 Å². The molecule has 2 unspecified atom stereocenters. The van der Waals surface area contributed by atoms with E-state index in [1.165, 1.54) is 0 Å². The standard InChI is InChI=1S/C14H27NO2/c1-10(2)12(14(3,4)5)8-13(17)15-7-6-11(16)9-15/h10-12,16H,6-9H2,1-5H3. The maximum Gasteiger partial charge on any atom is 0.222 e. The van der Waals surface area contributed by atoms with Gasteiger partial charge in [-0.25, -0.2) is 0 Å². The first-order chi connectivity index (χ1) is 7.71. The zero-order valence-electron chi connectivity index (χ0n) is 11.9. The van der Waals surface area contributed by atoms with Crippen molar-refractivity contribution < 1.29 is 9.90 Å². The molecule has 1 heterocycles. The first-order valence-electron chi connectivity index (χ1n) is 6.67. The second-order valence-electron chi connectivity index (χ2n) is 6.70. The van der Waals surface area contributed by atoms with Crippen LogP contribution in [0.2, 0.25) is 0 Å². The summed E-state index contributed by atoms with van der Waals surface area (Å²) in [5, 5.41) is 9.46. The van der Waals surface area contributed by atoms with E-state index in [2.05, 4.69) is 34.6 Å². The fourth-order valence-corrected chi connectivity index (χ4v) is 2.83. The van der Waals surface area contributed by atoms with E-state index in [4.69, 9.17) is 0 Å². The number of hydrogen-bond donors (Lipinski definition) is 1. The van der Waals surface area contributed by atoms with Crippen LogP contribution in [0.5, 0.6) is 0 Å². The molecule has 1 fully saturated rings. The summed E-state index contributed by atoms with van der Waals surface area (Å²) in [4.78, 5) is 14.0. The molecule has 0 saturated carbocycles. The van der Waals surface area contributed by atoms with E-state index in [0.29, 0.717) is 24.8 Å². The quantitative estimate of drug-likeness (QED) is 0.823. The van der Waals surface area contributed by atoms with Gasteiger partial charge in [-0.1, -0.05) is 34.6 Å². The third-order valence-corrected chi connectivity index (χ3v) is 3.83. The third-order valence-electron chi connectivity index (χ3n) is 3.83. The number of aliphatic hydroxyl groups is 1. The lowest BCUT2D eigenvalue weighted by molar-refractivity contribution is -0.133. The lowest BCUT2D eigenvalue weighted by Gasteiger charge is -2.34. The molecule has 1 N–H and O–H groups in total. The average molecular weight is 241 g/mol. The molecule has 17 heavy (non-hydrogen) atoms. The monoisotopic (exact) mass is 241 g/mol. The molecule has 100 valence electrons. The molecule has 0 radical (unpaired) electrons. The van der Waals surface area contributed by atoms with Crippen LogP contribution in [-0.2, 0) is 4.79 Å². The van der Waals surface area contributed by atoms with Gasteiger partial charge in [0.05, 0.1) is 6.10 Å². The highest BCUT2D eigenvalue weighted by atomic mass is 16.3. The van der Waals surface area contributed by atoms with Gasteiger partial charge in [0, 0.05) is 19.5 Å². The largest absolute Gasteiger partial charge is 0.391 e. The Morgan fingerprint density at radius 3 is 2.35 bits per heavy atom. The normalized spacial score (nSPS) is 23.2. The van der Waals surface area contributed by atoms with Gasteiger partial charge in [0.15, 0.2) is 0 Å². The summed E-state index contributed by atoms with van der Waals surface area (Å²) < 4.78 is 0. The molecule has 3 nitrogen and oxygen atoms in total. The van der Waals surface area contributed by atoms with E-state index in [1.807, 2.05) is 4.90 Å². The van der Waals surface area contributed by atoms with Gasteiger partial charge in [0.25, 0.3) is 0 Å². The van der Waals surface area contributed by atoms with Crippen LogP contribution in [0.4, 0.5) is 0 Å². The topological polar surface area (TPSA) is 40.5 Å². The highest BCUT2D eigenvalue weighted by Crippen LogP contribution is 2.35. The molecule has 3 heteroatoms. The van der Waals surface area contributed by atoms with E-state index in [9.17, 15) is 9.90 Å². The Balaban J connectivity index is 2.59. The second kappa shape index (κ2) is 5.38. The van der Waals surface area contributed by atoms with Crippen molar-refractivity contribution >= 4 is 5.91 Å². The Kier molecular flexibility index (Phi) is 4.59. The molecule has 1 aliphatic rings. The van der Waals surface area contributed by atoms with Gasteiger partial charge in [0.2, 0.25) is 5.91 Å². The molecule has 0 aromatic carbocycles. The van der Waals surface area contributed by atoms with Crippen molar-refractivity contribution in [3.63, 3.8) is 0 Å². The molecule has 1 aliphatic heterocycles. The molecule has 0 aromatic rings. The molecule has 0 bridgehead atoms. The summed E-state index contributed by atoms with van der Waals surface area (Å²) in [6, 6.07) is 0. The van der Waals surface area contributed by atoms with Crippen LogP contribution in [0.3, 0.4) is 0 Å². The third kappa shape index (κ3) is 3.98. The van der Waals surface area contributed by atoms with Gasteiger partial charge < -0.3 is 10.0 Å². The Morgan fingerprint density at radius 1 is 1.41 bits per heavy atom. The molecule has 0 spiro atoms. The van der Waals surface area contributed by atoms with Gasteiger partial charge in [-0.2, -0.15) is 0 Å². The van der Waals surface area contributed by atoms with E-state index in [-0.39, 0.29) is 17.4 Å². The van der Waals surface area contributed by atoms with Gasteiger partial charge in [0.1, 0.15) is 0 Å². The Bertz CT molecular complexity index is 268. The smallest absolute Gasteiger partial charge is 0.222 e. The summed E-state index contributed by atoms with van der Waals surface area (Å²) in [6.45, 7) is 12.2. The molecule has 0 aromatic heterocycles.